The highest BCUT2D eigenvalue weighted by Gasteiger charge is 2.40. The van der Waals surface area contributed by atoms with Crippen molar-refractivity contribution in [3.63, 3.8) is 0 Å². The Morgan fingerprint density at radius 2 is 2.13 bits per heavy atom. The Bertz CT molecular complexity index is 258. The number of amides is 1. The summed E-state index contributed by atoms with van der Waals surface area (Å²) in [5.41, 5.74) is -0.0154. The van der Waals surface area contributed by atoms with Gasteiger partial charge in [-0.3, -0.25) is 4.79 Å². The van der Waals surface area contributed by atoms with Crippen LogP contribution in [0.3, 0.4) is 0 Å². The zero-order valence-corrected chi connectivity index (χ0v) is 10.0. The van der Waals surface area contributed by atoms with Crippen LogP contribution in [0.15, 0.2) is 0 Å². The number of piperazine rings is 1. The summed E-state index contributed by atoms with van der Waals surface area (Å²) >= 11 is 0. The lowest BCUT2D eigenvalue weighted by atomic mass is 9.96. The summed E-state index contributed by atoms with van der Waals surface area (Å²) in [6.07, 6.45) is 2.50. The fourth-order valence-electron chi connectivity index (χ4n) is 2.44. The number of carbonyl (C=O) groups excluding carboxylic acids is 1. The minimum atomic E-state index is -0.0154. The van der Waals surface area contributed by atoms with Crippen molar-refractivity contribution < 1.29 is 4.79 Å². The van der Waals surface area contributed by atoms with E-state index >= 15 is 0 Å². The Morgan fingerprint density at radius 1 is 1.47 bits per heavy atom. The Hall–Kier alpha value is -0.570. The van der Waals surface area contributed by atoms with E-state index in [1.165, 1.54) is 12.8 Å². The highest BCUT2D eigenvalue weighted by atomic mass is 16.2. The summed E-state index contributed by atoms with van der Waals surface area (Å²) in [5, 5.41) is 3.35. The van der Waals surface area contributed by atoms with Crippen LogP contribution in [0.1, 0.15) is 33.6 Å². The van der Waals surface area contributed by atoms with Crippen molar-refractivity contribution in [2.24, 2.45) is 11.8 Å². The van der Waals surface area contributed by atoms with E-state index in [-0.39, 0.29) is 11.5 Å². The van der Waals surface area contributed by atoms with Gasteiger partial charge >= 0.3 is 0 Å². The Kier molecular flexibility index (Phi) is 2.75. The van der Waals surface area contributed by atoms with E-state index in [0.717, 1.165) is 19.6 Å². The SMILES string of the molecule is CC(C(=O)N1CCNCC1(C)C)C1CC1. The maximum atomic E-state index is 12.3. The molecule has 1 aliphatic carbocycles. The summed E-state index contributed by atoms with van der Waals surface area (Å²) in [6.45, 7) is 9.11. The van der Waals surface area contributed by atoms with Gasteiger partial charge in [0, 0.05) is 31.1 Å². The summed E-state index contributed by atoms with van der Waals surface area (Å²) in [7, 11) is 0. The first kappa shape index (κ1) is 10.9. The summed E-state index contributed by atoms with van der Waals surface area (Å²) in [4.78, 5) is 14.4. The lowest BCUT2D eigenvalue weighted by Crippen LogP contribution is -2.61. The van der Waals surface area contributed by atoms with Crippen molar-refractivity contribution in [1.29, 1.82) is 0 Å². The van der Waals surface area contributed by atoms with Crippen LogP contribution in [0.25, 0.3) is 0 Å². The molecule has 2 rings (SSSR count). The van der Waals surface area contributed by atoms with Crippen molar-refractivity contribution in [2.45, 2.75) is 39.2 Å². The minimum absolute atomic E-state index is 0.0154. The molecule has 0 aromatic heterocycles. The van der Waals surface area contributed by atoms with Gasteiger partial charge in [0.1, 0.15) is 0 Å². The highest BCUT2D eigenvalue weighted by molar-refractivity contribution is 5.80. The van der Waals surface area contributed by atoms with Gasteiger partial charge in [0.05, 0.1) is 0 Å². The van der Waals surface area contributed by atoms with Gasteiger partial charge in [0.2, 0.25) is 5.91 Å². The Morgan fingerprint density at radius 3 is 2.67 bits per heavy atom. The highest BCUT2D eigenvalue weighted by Crippen LogP contribution is 2.38. The summed E-state index contributed by atoms with van der Waals surface area (Å²) in [6, 6.07) is 0. The van der Waals surface area contributed by atoms with Gasteiger partial charge in [-0.1, -0.05) is 6.92 Å². The molecule has 3 heteroatoms. The van der Waals surface area contributed by atoms with E-state index < -0.39 is 0 Å². The molecule has 0 radical (unpaired) electrons. The molecule has 0 aromatic rings. The van der Waals surface area contributed by atoms with Crippen LogP contribution in [0, 0.1) is 11.8 Å². The maximum Gasteiger partial charge on any atom is 0.226 e. The number of rotatable bonds is 2. The predicted molar refractivity (Wildman–Crippen MR) is 60.5 cm³/mol. The number of nitrogens with zero attached hydrogens (tertiary/aromatic N) is 1. The smallest absolute Gasteiger partial charge is 0.226 e. The summed E-state index contributed by atoms with van der Waals surface area (Å²) < 4.78 is 0. The predicted octanol–water partition coefficient (Wildman–Crippen LogP) is 1.24. The van der Waals surface area contributed by atoms with Gasteiger partial charge in [-0.15, -0.1) is 0 Å². The third kappa shape index (κ3) is 2.17. The topological polar surface area (TPSA) is 32.3 Å². The molecule has 1 atom stereocenters. The van der Waals surface area contributed by atoms with Crippen LogP contribution in [0.2, 0.25) is 0 Å². The van der Waals surface area contributed by atoms with E-state index in [0.29, 0.717) is 11.8 Å². The van der Waals surface area contributed by atoms with Gasteiger partial charge in [-0.25, -0.2) is 0 Å². The molecule has 1 saturated heterocycles. The molecule has 1 N–H and O–H groups in total. The van der Waals surface area contributed by atoms with Crippen LogP contribution in [0.4, 0.5) is 0 Å². The second-order valence-electron chi connectivity index (χ2n) is 5.61. The van der Waals surface area contributed by atoms with E-state index in [1.54, 1.807) is 0 Å². The molecule has 1 aliphatic heterocycles. The molecule has 0 spiro atoms. The quantitative estimate of drug-likeness (QED) is 0.744. The molecule has 2 fully saturated rings. The van der Waals surface area contributed by atoms with E-state index in [4.69, 9.17) is 0 Å². The van der Waals surface area contributed by atoms with Gasteiger partial charge in [-0.2, -0.15) is 0 Å². The van der Waals surface area contributed by atoms with Crippen LogP contribution in [-0.4, -0.2) is 36.0 Å². The second kappa shape index (κ2) is 3.78. The fourth-order valence-corrected chi connectivity index (χ4v) is 2.44. The molecule has 0 bridgehead atoms. The van der Waals surface area contributed by atoms with Crippen LogP contribution in [0.5, 0.6) is 0 Å². The first-order valence-electron chi connectivity index (χ1n) is 6.04. The van der Waals surface area contributed by atoms with Crippen molar-refractivity contribution in [3.05, 3.63) is 0 Å². The van der Waals surface area contributed by atoms with Gasteiger partial charge in [0.15, 0.2) is 0 Å². The van der Waals surface area contributed by atoms with E-state index in [2.05, 4.69) is 31.0 Å². The largest absolute Gasteiger partial charge is 0.335 e. The van der Waals surface area contributed by atoms with Crippen molar-refractivity contribution in [2.75, 3.05) is 19.6 Å². The van der Waals surface area contributed by atoms with Crippen LogP contribution < -0.4 is 5.32 Å². The molecule has 1 heterocycles. The van der Waals surface area contributed by atoms with E-state index in [9.17, 15) is 4.79 Å². The first-order chi connectivity index (χ1) is 7.02. The van der Waals surface area contributed by atoms with Crippen LogP contribution >= 0.6 is 0 Å². The van der Waals surface area contributed by atoms with Crippen molar-refractivity contribution >= 4 is 5.91 Å². The molecular weight excluding hydrogens is 188 g/mol. The second-order valence-corrected chi connectivity index (χ2v) is 5.61. The fraction of sp³-hybridized carbons (Fsp3) is 0.917. The van der Waals surface area contributed by atoms with E-state index in [1.807, 2.05) is 0 Å². The molecule has 86 valence electrons. The molecule has 0 aromatic carbocycles. The zero-order chi connectivity index (χ0) is 11.1. The number of carbonyl (C=O) groups is 1. The molecule has 1 saturated carbocycles. The normalized spacial score (nSPS) is 27.5. The summed E-state index contributed by atoms with van der Waals surface area (Å²) in [5.74, 6) is 1.27. The average molecular weight is 210 g/mol. The Labute approximate surface area is 92.2 Å². The standard InChI is InChI=1S/C12H22N2O/c1-9(10-4-5-10)11(15)14-7-6-13-8-12(14,2)3/h9-10,13H,4-8H2,1-3H3. The molecule has 3 nitrogen and oxygen atoms in total. The molecular formula is C12H22N2O. The van der Waals surface area contributed by atoms with Crippen LogP contribution in [-0.2, 0) is 4.79 Å². The third-order valence-electron chi connectivity index (χ3n) is 3.79. The number of hydrogen-bond acceptors (Lipinski definition) is 2. The molecule has 2 aliphatic rings. The molecule has 1 unspecified atom stereocenters. The minimum Gasteiger partial charge on any atom is -0.335 e. The van der Waals surface area contributed by atoms with Crippen molar-refractivity contribution in [3.8, 4) is 0 Å². The Balaban J connectivity index is 2.03. The van der Waals surface area contributed by atoms with Gasteiger partial charge < -0.3 is 10.2 Å². The van der Waals surface area contributed by atoms with Gasteiger partial charge in [0.25, 0.3) is 0 Å². The first-order valence-corrected chi connectivity index (χ1v) is 6.04. The average Bonchev–Trinajstić information content (AvgIpc) is 2.98. The lowest BCUT2D eigenvalue weighted by Gasteiger charge is -2.44. The van der Waals surface area contributed by atoms with Gasteiger partial charge in [-0.05, 0) is 32.6 Å². The lowest BCUT2D eigenvalue weighted by molar-refractivity contribution is -0.142. The number of hydrogen-bond donors (Lipinski definition) is 1. The monoisotopic (exact) mass is 210 g/mol. The third-order valence-corrected chi connectivity index (χ3v) is 3.79. The zero-order valence-electron chi connectivity index (χ0n) is 10.0. The number of nitrogens with one attached hydrogen (secondary N) is 1. The van der Waals surface area contributed by atoms with Crippen molar-refractivity contribution in [1.82, 2.24) is 10.2 Å². The molecule has 15 heavy (non-hydrogen) atoms. The maximum absolute atomic E-state index is 12.3. The molecule has 1 amide bonds.